The van der Waals surface area contributed by atoms with E-state index in [-0.39, 0.29) is 17.4 Å². The van der Waals surface area contributed by atoms with Crippen LogP contribution < -0.4 is 15.4 Å². The Morgan fingerprint density at radius 1 is 1.50 bits per heavy atom. The second-order valence-corrected chi connectivity index (χ2v) is 6.23. The Labute approximate surface area is 124 Å². The zero-order chi connectivity index (χ0) is 14.8. The first-order valence-corrected chi connectivity index (χ1v) is 7.19. The molecule has 1 unspecified atom stereocenters. The summed E-state index contributed by atoms with van der Waals surface area (Å²) in [5, 5.41) is 6.76. The van der Waals surface area contributed by atoms with Crippen molar-refractivity contribution >= 4 is 23.2 Å². The van der Waals surface area contributed by atoms with Crippen molar-refractivity contribution in [3.63, 3.8) is 0 Å². The van der Waals surface area contributed by atoms with Gasteiger partial charge in [-0.3, -0.25) is 4.79 Å². The minimum absolute atomic E-state index is 0.0147. The number of ether oxygens (including phenoxy) is 1. The van der Waals surface area contributed by atoms with Crippen LogP contribution in [-0.4, -0.2) is 25.6 Å². The van der Waals surface area contributed by atoms with E-state index in [9.17, 15) is 4.79 Å². The van der Waals surface area contributed by atoms with Crippen LogP contribution in [0.2, 0.25) is 5.02 Å². The van der Waals surface area contributed by atoms with Crippen molar-refractivity contribution in [3.8, 4) is 5.75 Å². The first-order valence-electron chi connectivity index (χ1n) is 6.82. The maximum atomic E-state index is 12.4. The van der Waals surface area contributed by atoms with Crippen LogP contribution in [-0.2, 0) is 4.79 Å². The monoisotopic (exact) mass is 296 g/mol. The van der Waals surface area contributed by atoms with Crippen LogP contribution in [0.3, 0.4) is 0 Å². The largest absolute Gasteiger partial charge is 0.495 e. The number of benzene rings is 1. The van der Waals surface area contributed by atoms with Gasteiger partial charge in [0, 0.05) is 11.8 Å². The Hall–Kier alpha value is -1.26. The number of nitrogens with one attached hydrogen (secondary N) is 2. The van der Waals surface area contributed by atoms with Crippen molar-refractivity contribution in [2.24, 2.45) is 5.41 Å². The highest BCUT2D eigenvalue weighted by atomic mass is 35.5. The molecule has 0 spiro atoms. The van der Waals surface area contributed by atoms with E-state index in [1.807, 2.05) is 0 Å². The smallest absolute Gasteiger partial charge is 0.242 e. The van der Waals surface area contributed by atoms with Crippen molar-refractivity contribution < 1.29 is 9.53 Å². The van der Waals surface area contributed by atoms with Crippen LogP contribution in [0.25, 0.3) is 0 Å². The van der Waals surface area contributed by atoms with Crippen molar-refractivity contribution in [2.45, 2.75) is 32.7 Å². The van der Waals surface area contributed by atoms with Crippen LogP contribution in [0.4, 0.5) is 5.69 Å². The molecule has 2 N–H and O–H groups in total. The van der Waals surface area contributed by atoms with E-state index in [2.05, 4.69) is 24.5 Å². The second-order valence-electron chi connectivity index (χ2n) is 5.82. The molecule has 0 aliphatic carbocycles. The minimum Gasteiger partial charge on any atom is -0.495 e. The lowest BCUT2D eigenvalue weighted by atomic mass is 9.77. The van der Waals surface area contributed by atoms with Crippen LogP contribution >= 0.6 is 11.6 Å². The number of amides is 1. The fraction of sp³-hybridized carbons (Fsp3) is 0.533. The molecule has 0 aromatic heterocycles. The molecule has 1 fully saturated rings. The molecule has 1 atom stereocenters. The molecule has 0 bridgehead atoms. The Balaban J connectivity index is 2.11. The number of halogens is 1. The Morgan fingerprint density at radius 3 is 2.90 bits per heavy atom. The topological polar surface area (TPSA) is 50.4 Å². The van der Waals surface area contributed by atoms with Crippen molar-refractivity contribution in [1.29, 1.82) is 0 Å². The molecular formula is C15H21ClN2O2. The van der Waals surface area contributed by atoms with Gasteiger partial charge in [-0.15, -0.1) is 0 Å². The molecule has 4 nitrogen and oxygen atoms in total. The summed E-state index contributed by atoms with van der Waals surface area (Å²) < 4.78 is 5.15. The summed E-state index contributed by atoms with van der Waals surface area (Å²) in [4.78, 5) is 12.4. The number of methoxy groups -OCH3 is 1. The third-order valence-corrected chi connectivity index (χ3v) is 4.12. The first-order chi connectivity index (χ1) is 9.44. The fourth-order valence-corrected chi connectivity index (χ4v) is 2.81. The number of hydrogen-bond donors (Lipinski definition) is 2. The number of carbonyl (C=O) groups excluding carboxylic acids is 1. The summed E-state index contributed by atoms with van der Waals surface area (Å²) in [6.45, 7) is 5.11. The number of rotatable bonds is 3. The van der Waals surface area contributed by atoms with Crippen LogP contribution in [0, 0.1) is 5.41 Å². The van der Waals surface area contributed by atoms with Crippen molar-refractivity contribution in [1.82, 2.24) is 5.32 Å². The molecule has 0 radical (unpaired) electrons. The third-order valence-electron chi connectivity index (χ3n) is 3.81. The van der Waals surface area contributed by atoms with E-state index in [0.717, 1.165) is 19.4 Å². The molecule has 1 saturated heterocycles. The number of anilines is 1. The highest BCUT2D eigenvalue weighted by Crippen LogP contribution is 2.32. The third kappa shape index (κ3) is 3.25. The van der Waals surface area contributed by atoms with Gasteiger partial charge in [-0.1, -0.05) is 25.4 Å². The van der Waals surface area contributed by atoms with Gasteiger partial charge in [0.1, 0.15) is 5.75 Å². The van der Waals surface area contributed by atoms with Crippen LogP contribution in [0.15, 0.2) is 18.2 Å². The fourth-order valence-electron chi connectivity index (χ4n) is 2.61. The molecule has 0 saturated carbocycles. The van der Waals surface area contributed by atoms with E-state index in [4.69, 9.17) is 16.3 Å². The molecule has 2 rings (SSSR count). The van der Waals surface area contributed by atoms with Gasteiger partial charge in [0.2, 0.25) is 5.91 Å². The number of carbonyl (C=O) groups is 1. The lowest BCUT2D eigenvalue weighted by Gasteiger charge is -2.38. The lowest BCUT2D eigenvalue weighted by Crippen LogP contribution is -2.53. The van der Waals surface area contributed by atoms with E-state index in [0.29, 0.717) is 16.5 Å². The molecule has 1 aromatic carbocycles. The van der Waals surface area contributed by atoms with Gasteiger partial charge in [-0.05, 0) is 36.9 Å². The normalized spacial score (nSPS) is 21.3. The lowest BCUT2D eigenvalue weighted by molar-refractivity contribution is -0.121. The average molecular weight is 297 g/mol. The highest BCUT2D eigenvalue weighted by molar-refractivity contribution is 6.32. The molecule has 1 aliphatic rings. The number of hydrogen-bond acceptors (Lipinski definition) is 3. The van der Waals surface area contributed by atoms with Gasteiger partial charge < -0.3 is 15.4 Å². The van der Waals surface area contributed by atoms with Gasteiger partial charge >= 0.3 is 0 Å². The highest BCUT2D eigenvalue weighted by Gasteiger charge is 2.37. The average Bonchev–Trinajstić information content (AvgIpc) is 2.40. The summed E-state index contributed by atoms with van der Waals surface area (Å²) in [7, 11) is 1.55. The zero-order valence-electron chi connectivity index (χ0n) is 12.1. The second kappa shape index (κ2) is 6.02. The van der Waals surface area contributed by atoms with E-state index >= 15 is 0 Å². The molecule has 1 aromatic rings. The minimum atomic E-state index is -0.182. The van der Waals surface area contributed by atoms with Crippen LogP contribution in [0.1, 0.15) is 26.7 Å². The van der Waals surface area contributed by atoms with Crippen molar-refractivity contribution in [2.75, 3.05) is 19.0 Å². The van der Waals surface area contributed by atoms with Crippen LogP contribution in [0.5, 0.6) is 5.75 Å². The van der Waals surface area contributed by atoms with E-state index < -0.39 is 0 Å². The SMILES string of the molecule is COc1cc(NC(=O)C2NCCCC2(C)C)ccc1Cl. The van der Waals surface area contributed by atoms with Gasteiger partial charge in [0.15, 0.2) is 0 Å². The maximum Gasteiger partial charge on any atom is 0.242 e. The Bertz CT molecular complexity index is 503. The van der Waals surface area contributed by atoms with Gasteiger partial charge in [-0.25, -0.2) is 0 Å². The summed E-state index contributed by atoms with van der Waals surface area (Å²) in [6.07, 6.45) is 2.15. The predicted octanol–water partition coefficient (Wildman–Crippen LogP) is 3.07. The Morgan fingerprint density at radius 2 is 2.25 bits per heavy atom. The molecule has 1 heterocycles. The molecule has 1 aliphatic heterocycles. The number of piperidine rings is 1. The summed E-state index contributed by atoms with van der Waals surface area (Å²) in [5.41, 5.74) is 0.651. The molecule has 110 valence electrons. The van der Waals surface area contributed by atoms with E-state index in [1.54, 1.807) is 25.3 Å². The van der Waals surface area contributed by atoms with Gasteiger partial charge in [-0.2, -0.15) is 0 Å². The maximum absolute atomic E-state index is 12.4. The summed E-state index contributed by atoms with van der Waals surface area (Å²) in [5.74, 6) is 0.541. The first kappa shape index (κ1) is 15.1. The summed E-state index contributed by atoms with van der Waals surface area (Å²) >= 11 is 5.98. The molecular weight excluding hydrogens is 276 g/mol. The predicted molar refractivity (Wildman–Crippen MR) is 81.4 cm³/mol. The molecule has 5 heteroatoms. The zero-order valence-corrected chi connectivity index (χ0v) is 12.9. The van der Waals surface area contributed by atoms with Gasteiger partial charge in [0.25, 0.3) is 0 Å². The van der Waals surface area contributed by atoms with Crippen molar-refractivity contribution in [3.05, 3.63) is 23.2 Å². The van der Waals surface area contributed by atoms with E-state index in [1.165, 1.54) is 0 Å². The Kier molecular flexibility index (Phi) is 4.55. The molecule has 20 heavy (non-hydrogen) atoms. The standard InChI is InChI=1S/C15H21ClN2O2/c1-15(2)7-4-8-17-13(15)14(19)18-10-5-6-11(16)12(9-10)20-3/h5-6,9,13,17H,4,7-8H2,1-3H3,(H,18,19). The summed E-state index contributed by atoms with van der Waals surface area (Å²) in [6, 6.07) is 5.04. The molecule has 1 amide bonds. The van der Waals surface area contributed by atoms with Gasteiger partial charge in [0.05, 0.1) is 18.2 Å². The quantitative estimate of drug-likeness (QED) is 0.901.